The van der Waals surface area contributed by atoms with Crippen molar-refractivity contribution in [2.75, 3.05) is 20.2 Å². The van der Waals surface area contributed by atoms with Crippen LogP contribution in [0.1, 0.15) is 45.2 Å². The highest BCUT2D eigenvalue weighted by Gasteiger charge is 2.29. The fourth-order valence-corrected chi connectivity index (χ4v) is 2.55. The lowest BCUT2D eigenvalue weighted by atomic mass is 9.83. The summed E-state index contributed by atoms with van der Waals surface area (Å²) in [5.74, 6) is 0.171. The molecule has 1 rings (SSSR count). The third kappa shape index (κ3) is 4.37. The van der Waals surface area contributed by atoms with E-state index in [9.17, 15) is 15.0 Å². The Labute approximate surface area is 133 Å². The second-order valence-electron chi connectivity index (χ2n) is 5.95. The molecular formula is C17H28N2O3. The summed E-state index contributed by atoms with van der Waals surface area (Å²) >= 11 is 0. The lowest BCUT2D eigenvalue weighted by molar-refractivity contribution is 0.0835. The molecule has 0 aliphatic carbocycles. The maximum absolute atomic E-state index is 12.3. The topological polar surface area (TPSA) is 72.8 Å². The standard InChI is InChI=1S/C17H28N2O3/c1-5-17(6-2,12-20)11-19(4)16(22)18-13(3)14-9-7-8-10-15(14)21/h7-10,13,20-21H,5-6,11-12H2,1-4H3,(H,18,22)/t13-/m0/s1. The van der Waals surface area contributed by atoms with Crippen LogP contribution in [-0.4, -0.2) is 41.3 Å². The van der Waals surface area contributed by atoms with Crippen molar-refractivity contribution in [1.82, 2.24) is 10.2 Å². The summed E-state index contributed by atoms with van der Waals surface area (Å²) in [6, 6.07) is 6.46. The molecule has 0 unspecified atom stereocenters. The zero-order valence-electron chi connectivity index (χ0n) is 14.0. The molecule has 5 heteroatoms. The van der Waals surface area contributed by atoms with Crippen LogP contribution in [0.25, 0.3) is 0 Å². The first-order valence-electron chi connectivity index (χ1n) is 7.79. The van der Waals surface area contributed by atoms with Crippen LogP contribution in [0.4, 0.5) is 4.79 Å². The second kappa shape index (κ2) is 8.03. The number of nitrogens with zero attached hydrogens (tertiary/aromatic N) is 1. The maximum atomic E-state index is 12.3. The Hall–Kier alpha value is -1.75. The number of aromatic hydroxyl groups is 1. The number of rotatable bonds is 7. The Morgan fingerprint density at radius 2 is 1.91 bits per heavy atom. The predicted octanol–water partition coefficient (Wildman–Crippen LogP) is 2.89. The molecule has 1 aromatic carbocycles. The van der Waals surface area contributed by atoms with Crippen LogP contribution >= 0.6 is 0 Å². The summed E-state index contributed by atoms with van der Waals surface area (Å²) in [5, 5.41) is 22.3. The van der Waals surface area contributed by atoms with Gasteiger partial charge < -0.3 is 20.4 Å². The van der Waals surface area contributed by atoms with Crippen molar-refractivity contribution in [2.24, 2.45) is 5.41 Å². The number of aliphatic hydroxyl groups is 1. The van der Waals surface area contributed by atoms with Crippen molar-refractivity contribution in [3.63, 3.8) is 0 Å². The van der Waals surface area contributed by atoms with Crippen LogP contribution in [0.15, 0.2) is 24.3 Å². The van der Waals surface area contributed by atoms with E-state index in [2.05, 4.69) is 5.32 Å². The number of benzene rings is 1. The summed E-state index contributed by atoms with van der Waals surface area (Å²) in [4.78, 5) is 13.9. The van der Waals surface area contributed by atoms with Crippen LogP contribution in [0, 0.1) is 5.41 Å². The van der Waals surface area contributed by atoms with E-state index in [1.807, 2.05) is 26.8 Å². The average Bonchev–Trinajstić information content (AvgIpc) is 2.52. The van der Waals surface area contributed by atoms with Gasteiger partial charge in [0, 0.05) is 24.6 Å². The highest BCUT2D eigenvalue weighted by Crippen LogP contribution is 2.27. The van der Waals surface area contributed by atoms with Crippen LogP contribution in [-0.2, 0) is 0 Å². The predicted molar refractivity (Wildman–Crippen MR) is 87.8 cm³/mol. The van der Waals surface area contributed by atoms with Gasteiger partial charge in [0.2, 0.25) is 0 Å². The fourth-order valence-electron chi connectivity index (χ4n) is 2.55. The van der Waals surface area contributed by atoms with Gasteiger partial charge in [0.05, 0.1) is 12.6 Å². The third-order valence-corrected chi connectivity index (χ3v) is 4.50. The highest BCUT2D eigenvalue weighted by molar-refractivity contribution is 5.74. The molecule has 0 bridgehead atoms. The van der Waals surface area contributed by atoms with E-state index in [1.165, 1.54) is 0 Å². The first kappa shape index (κ1) is 18.3. The van der Waals surface area contributed by atoms with Crippen molar-refractivity contribution in [2.45, 2.75) is 39.7 Å². The third-order valence-electron chi connectivity index (χ3n) is 4.50. The molecule has 0 saturated carbocycles. The lowest BCUT2D eigenvalue weighted by Crippen LogP contribution is -2.45. The van der Waals surface area contributed by atoms with Gasteiger partial charge in [-0.3, -0.25) is 0 Å². The number of hydrogen-bond acceptors (Lipinski definition) is 3. The van der Waals surface area contributed by atoms with Crippen molar-refractivity contribution >= 4 is 6.03 Å². The number of hydrogen-bond donors (Lipinski definition) is 3. The molecule has 22 heavy (non-hydrogen) atoms. The van der Waals surface area contributed by atoms with Crippen LogP contribution in [0.2, 0.25) is 0 Å². The number of amides is 2. The Balaban J connectivity index is 2.70. The van der Waals surface area contributed by atoms with Gasteiger partial charge in [0.25, 0.3) is 0 Å². The summed E-state index contributed by atoms with van der Waals surface area (Å²) in [6.45, 7) is 6.44. The summed E-state index contributed by atoms with van der Waals surface area (Å²) < 4.78 is 0. The quantitative estimate of drug-likeness (QED) is 0.725. The Morgan fingerprint density at radius 1 is 1.32 bits per heavy atom. The van der Waals surface area contributed by atoms with Crippen molar-refractivity contribution < 1.29 is 15.0 Å². The molecule has 0 fully saturated rings. The second-order valence-corrected chi connectivity index (χ2v) is 5.95. The first-order valence-corrected chi connectivity index (χ1v) is 7.79. The van der Waals surface area contributed by atoms with E-state index in [0.717, 1.165) is 12.8 Å². The Kier molecular flexibility index (Phi) is 6.68. The first-order chi connectivity index (χ1) is 10.4. The number of aliphatic hydroxyl groups excluding tert-OH is 1. The van der Waals surface area contributed by atoms with E-state index < -0.39 is 0 Å². The number of phenolic OH excluding ortho intramolecular Hbond substituents is 1. The van der Waals surface area contributed by atoms with Gasteiger partial charge in [0.15, 0.2) is 0 Å². The van der Waals surface area contributed by atoms with E-state index in [1.54, 1.807) is 30.1 Å². The number of para-hydroxylation sites is 1. The van der Waals surface area contributed by atoms with Crippen LogP contribution in [0.3, 0.4) is 0 Å². The molecule has 0 radical (unpaired) electrons. The molecule has 0 aliphatic rings. The van der Waals surface area contributed by atoms with Crippen molar-refractivity contribution in [3.05, 3.63) is 29.8 Å². The van der Waals surface area contributed by atoms with Crippen molar-refractivity contribution in [3.8, 4) is 5.75 Å². The summed E-state index contributed by atoms with van der Waals surface area (Å²) in [7, 11) is 1.72. The summed E-state index contributed by atoms with van der Waals surface area (Å²) in [5.41, 5.74) is 0.424. The lowest BCUT2D eigenvalue weighted by Gasteiger charge is -2.34. The Bertz CT molecular complexity index is 478. The molecule has 0 spiro atoms. The molecule has 2 amide bonds. The monoisotopic (exact) mass is 308 g/mol. The SMILES string of the molecule is CCC(CC)(CO)CN(C)C(=O)N[C@@H](C)c1ccccc1O. The van der Waals surface area contributed by atoms with E-state index >= 15 is 0 Å². The average molecular weight is 308 g/mol. The minimum absolute atomic E-state index is 0.0621. The van der Waals surface area contributed by atoms with Gasteiger partial charge >= 0.3 is 6.03 Å². The molecular weight excluding hydrogens is 280 g/mol. The van der Waals surface area contributed by atoms with Gasteiger partial charge in [0.1, 0.15) is 5.75 Å². The van der Waals surface area contributed by atoms with Gasteiger partial charge in [-0.1, -0.05) is 32.0 Å². The fraction of sp³-hybridized carbons (Fsp3) is 0.588. The number of phenols is 1. The molecule has 0 aromatic heterocycles. The molecule has 1 atom stereocenters. The van der Waals surface area contributed by atoms with Crippen LogP contribution in [0.5, 0.6) is 5.75 Å². The minimum atomic E-state index is -0.289. The molecule has 0 aliphatic heterocycles. The smallest absolute Gasteiger partial charge is 0.317 e. The maximum Gasteiger partial charge on any atom is 0.317 e. The largest absolute Gasteiger partial charge is 0.508 e. The van der Waals surface area contributed by atoms with E-state index in [4.69, 9.17) is 0 Å². The highest BCUT2D eigenvalue weighted by atomic mass is 16.3. The molecule has 0 heterocycles. The van der Waals surface area contributed by atoms with Crippen molar-refractivity contribution in [1.29, 1.82) is 0 Å². The van der Waals surface area contributed by atoms with Crippen LogP contribution < -0.4 is 5.32 Å². The molecule has 3 N–H and O–H groups in total. The number of carbonyl (C=O) groups is 1. The van der Waals surface area contributed by atoms with Gasteiger partial charge in [-0.15, -0.1) is 0 Å². The normalized spacial score (nSPS) is 12.8. The number of urea groups is 1. The zero-order valence-corrected chi connectivity index (χ0v) is 14.0. The molecule has 0 saturated heterocycles. The van der Waals surface area contributed by atoms with Gasteiger partial charge in [-0.2, -0.15) is 0 Å². The number of carbonyl (C=O) groups excluding carboxylic acids is 1. The van der Waals surface area contributed by atoms with Gasteiger partial charge in [-0.05, 0) is 25.8 Å². The minimum Gasteiger partial charge on any atom is -0.508 e. The van der Waals surface area contributed by atoms with Gasteiger partial charge in [-0.25, -0.2) is 4.79 Å². The van der Waals surface area contributed by atoms with E-state index in [-0.39, 0.29) is 29.8 Å². The Morgan fingerprint density at radius 3 is 2.41 bits per heavy atom. The zero-order chi connectivity index (χ0) is 16.8. The molecule has 5 nitrogen and oxygen atoms in total. The molecule has 124 valence electrons. The summed E-state index contributed by atoms with van der Waals surface area (Å²) in [6.07, 6.45) is 1.62. The molecule has 1 aromatic rings. The van der Waals surface area contributed by atoms with E-state index in [0.29, 0.717) is 12.1 Å². The number of nitrogens with one attached hydrogen (secondary N) is 1.